The van der Waals surface area contributed by atoms with Crippen LogP contribution in [-0.4, -0.2) is 46.2 Å². The number of amides is 1. The van der Waals surface area contributed by atoms with E-state index in [2.05, 4.69) is 25.3 Å². The Morgan fingerprint density at radius 1 is 1.24 bits per heavy atom. The molecule has 1 saturated heterocycles. The van der Waals surface area contributed by atoms with Crippen LogP contribution in [0.3, 0.4) is 0 Å². The molecule has 33 heavy (non-hydrogen) atoms. The number of rotatable bonds is 7. The first-order chi connectivity index (χ1) is 15.8. The number of carbonyl (C=O) groups is 1. The minimum absolute atomic E-state index is 0.0675. The van der Waals surface area contributed by atoms with Gasteiger partial charge in [0.25, 0.3) is 5.91 Å². The Balaban J connectivity index is 1.42. The average Bonchev–Trinajstić information content (AvgIpc) is 3.44. The first-order valence-electron chi connectivity index (χ1n) is 10.3. The lowest BCUT2D eigenvalue weighted by atomic mass is 10.1. The number of halogens is 3. The molecule has 3 heterocycles. The minimum Gasteiger partial charge on any atom is -0.375 e. The number of aromatic nitrogens is 3. The molecule has 11 heteroatoms. The number of nitrogens with zero attached hydrogens (tertiary/aromatic N) is 4. The molecule has 0 bridgehead atoms. The van der Waals surface area contributed by atoms with Crippen LogP contribution in [0.4, 0.5) is 19.0 Å². The number of likely N-dealkylation sites (tertiary alicyclic amines) is 1. The molecule has 1 aromatic carbocycles. The SMILES string of the molecule is COCC(=O)Nc1ccc(-c2noc([C@H]3CCCN3Cc3ccc(C(F)(F)F)cc3)n2)cn1. The van der Waals surface area contributed by atoms with Gasteiger partial charge in [0, 0.05) is 25.4 Å². The molecule has 4 rings (SSSR count). The van der Waals surface area contributed by atoms with E-state index in [0.717, 1.165) is 37.1 Å². The molecule has 0 unspecified atom stereocenters. The fraction of sp³-hybridized carbons (Fsp3) is 0.364. The van der Waals surface area contributed by atoms with Gasteiger partial charge in [-0.3, -0.25) is 9.69 Å². The van der Waals surface area contributed by atoms with Gasteiger partial charge >= 0.3 is 6.18 Å². The number of carbonyl (C=O) groups excluding carboxylic acids is 1. The van der Waals surface area contributed by atoms with E-state index in [9.17, 15) is 18.0 Å². The lowest BCUT2D eigenvalue weighted by Gasteiger charge is -2.21. The predicted octanol–water partition coefficient (Wildman–Crippen LogP) is 4.07. The van der Waals surface area contributed by atoms with Crippen LogP contribution in [0.2, 0.25) is 0 Å². The van der Waals surface area contributed by atoms with Crippen LogP contribution in [0.5, 0.6) is 0 Å². The van der Waals surface area contributed by atoms with Crippen molar-refractivity contribution < 1.29 is 27.2 Å². The summed E-state index contributed by atoms with van der Waals surface area (Å²) in [5.74, 6) is 0.887. The van der Waals surface area contributed by atoms with Gasteiger partial charge in [0.05, 0.1) is 11.6 Å². The van der Waals surface area contributed by atoms with Crippen LogP contribution in [0.1, 0.15) is 35.9 Å². The summed E-state index contributed by atoms with van der Waals surface area (Å²) in [5.41, 5.74) is 0.746. The standard InChI is InChI=1S/C22H22F3N5O3/c1-32-13-19(31)27-18-9-6-15(11-26-18)20-28-21(33-29-20)17-3-2-10-30(17)12-14-4-7-16(8-5-14)22(23,24)25/h4-9,11,17H,2-3,10,12-13H2,1H3,(H,26,27,31)/t17-/m1/s1. The molecule has 3 aromatic rings. The summed E-state index contributed by atoms with van der Waals surface area (Å²) in [6.45, 7) is 1.20. The number of pyridine rings is 1. The molecule has 1 N–H and O–H groups in total. The fourth-order valence-electron chi connectivity index (χ4n) is 3.73. The molecule has 174 valence electrons. The molecule has 1 amide bonds. The number of ether oxygens (including phenoxy) is 1. The van der Waals surface area contributed by atoms with E-state index < -0.39 is 11.7 Å². The zero-order valence-electron chi connectivity index (χ0n) is 17.8. The number of nitrogens with one attached hydrogen (secondary N) is 1. The topological polar surface area (TPSA) is 93.4 Å². The molecule has 0 saturated carbocycles. The van der Waals surface area contributed by atoms with E-state index in [4.69, 9.17) is 9.26 Å². The molecular weight excluding hydrogens is 439 g/mol. The Kier molecular flexibility index (Phi) is 6.70. The molecule has 2 aromatic heterocycles. The van der Waals surface area contributed by atoms with Crippen molar-refractivity contribution in [2.45, 2.75) is 31.6 Å². The van der Waals surface area contributed by atoms with Crippen molar-refractivity contribution in [2.24, 2.45) is 0 Å². The predicted molar refractivity (Wildman–Crippen MR) is 112 cm³/mol. The van der Waals surface area contributed by atoms with E-state index in [0.29, 0.717) is 29.6 Å². The second-order valence-corrected chi connectivity index (χ2v) is 7.69. The van der Waals surface area contributed by atoms with Crippen LogP contribution in [0, 0.1) is 0 Å². The van der Waals surface area contributed by atoms with Crippen molar-refractivity contribution in [3.05, 3.63) is 59.6 Å². The van der Waals surface area contributed by atoms with E-state index in [1.165, 1.54) is 25.4 Å². The van der Waals surface area contributed by atoms with Gasteiger partial charge in [0.1, 0.15) is 12.4 Å². The van der Waals surface area contributed by atoms with Crippen LogP contribution in [0.15, 0.2) is 47.1 Å². The number of benzene rings is 1. The highest BCUT2D eigenvalue weighted by atomic mass is 19.4. The van der Waals surface area contributed by atoms with E-state index in [1.807, 2.05) is 0 Å². The van der Waals surface area contributed by atoms with Gasteiger partial charge in [-0.2, -0.15) is 18.2 Å². The lowest BCUT2D eigenvalue weighted by molar-refractivity contribution is -0.137. The molecule has 8 nitrogen and oxygen atoms in total. The van der Waals surface area contributed by atoms with Gasteiger partial charge in [-0.15, -0.1) is 0 Å². The van der Waals surface area contributed by atoms with Crippen molar-refractivity contribution in [1.29, 1.82) is 0 Å². The molecule has 1 atom stereocenters. The summed E-state index contributed by atoms with van der Waals surface area (Å²) < 4.78 is 48.6. The Labute approximate surface area is 187 Å². The van der Waals surface area contributed by atoms with Gasteiger partial charge in [0.15, 0.2) is 0 Å². The van der Waals surface area contributed by atoms with Crippen molar-refractivity contribution in [3.8, 4) is 11.4 Å². The van der Waals surface area contributed by atoms with Gasteiger partial charge in [-0.1, -0.05) is 17.3 Å². The van der Waals surface area contributed by atoms with E-state index in [1.54, 1.807) is 12.1 Å². The number of anilines is 1. The van der Waals surface area contributed by atoms with E-state index in [-0.39, 0.29) is 18.6 Å². The summed E-state index contributed by atoms with van der Waals surface area (Å²) in [6, 6.07) is 8.42. The monoisotopic (exact) mass is 461 g/mol. The third-order valence-electron chi connectivity index (χ3n) is 5.32. The normalized spacial score (nSPS) is 16.8. The molecule has 0 aliphatic carbocycles. The number of hydrogen-bond donors (Lipinski definition) is 1. The maximum absolute atomic E-state index is 12.8. The first-order valence-corrected chi connectivity index (χ1v) is 10.3. The van der Waals surface area contributed by atoms with Crippen molar-refractivity contribution in [2.75, 3.05) is 25.6 Å². The summed E-state index contributed by atoms with van der Waals surface area (Å²) in [4.78, 5) is 22.4. The lowest BCUT2D eigenvalue weighted by Crippen LogP contribution is -2.23. The number of alkyl halides is 3. The zero-order chi connectivity index (χ0) is 23.4. The van der Waals surface area contributed by atoms with Gasteiger partial charge in [-0.25, -0.2) is 4.98 Å². The van der Waals surface area contributed by atoms with Crippen LogP contribution in [-0.2, 0) is 22.3 Å². The third kappa shape index (κ3) is 5.55. The summed E-state index contributed by atoms with van der Waals surface area (Å²) in [7, 11) is 1.43. The second kappa shape index (κ2) is 9.67. The molecule has 0 radical (unpaired) electrons. The highest BCUT2D eigenvalue weighted by Gasteiger charge is 2.32. The second-order valence-electron chi connectivity index (χ2n) is 7.69. The molecule has 1 aliphatic heterocycles. The molecule has 0 spiro atoms. The Morgan fingerprint density at radius 2 is 2.03 bits per heavy atom. The van der Waals surface area contributed by atoms with Crippen molar-refractivity contribution in [1.82, 2.24) is 20.0 Å². The smallest absolute Gasteiger partial charge is 0.375 e. The van der Waals surface area contributed by atoms with Crippen molar-refractivity contribution >= 4 is 11.7 Å². The molecule has 1 aliphatic rings. The van der Waals surface area contributed by atoms with Gasteiger partial charge in [-0.05, 0) is 49.2 Å². The third-order valence-corrected chi connectivity index (χ3v) is 5.32. The fourth-order valence-corrected chi connectivity index (χ4v) is 3.73. The molecular formula is C22H22F3N5O3. The van der Waals surface area contributed by atoms with Gasteiger partial charge < -0.3 is 14.6 Å². The van der Waals surface area contributed by atoms with Crippen LogP contribution >= 0.6 is 0 Å². The largest absolute Gasteiger partial charge is 0.416 e. The highest BCUT2D eigenvalue weighted by Crippen LogP contribution is 2.34. The first kappa shape index (κ1) is 22.9. The quantitative estimate of drug-likeness (QED) is 0.567. The maximum Gasteiger partial charge on any atom is 0.416 e. The van der Waals surface area contributed by atoms with E-state index >= 15 is 0 Å². The Hall–Kier alpha value is -3.31. The Bertz CT molecular complexity index is 1080. The summed E-state index contributed by atoms with van der Waals surface area (Å²) in [5, 5.41) is 6.65. The van der Waals surface area contributed by atoms with Crippen LogP contribution in [0.25, 0.3) is 11.4 Å². The highest BCUT2D eigenvalue weighted by molar-refractivity contribution is 5.90. The maximum atomic E-state index is 12.8. The number of hydrogen-bond acceptors (Lipinski definition) is 7. The molecule has 1 fully saturated rings. The number of methoxy groups -OCH3 is 1. The van der Waals surface area contributed by atoms with Crippen LogP contribution < -0.4 is 5.32 Å². The summed E-state index contributed by atoms with van der Waals surface area (Å²) >= 11 is 0. The minimum atomic E-state index is -4.35. The summed E-state index contributed by atoms with van der Waals surface area (Å²) in [6.07, 6.45) is -1.09. The van der Waals surface area contributed by atoms with Crippen molar-refractivity contribution in [3.63, 3.8) is 0 Å². The zero-order valence-corrected chi connectivity index (χ0v) is 17.8. The Morgan fingerprint density at radius 3 is 2.70 bits per heavy atom. The average molecular weight is 461 g/mol. The van der Waals surface area contributed by atoms with Gasteiger partial charge in [0.2, 0.25) is 11.7 Å².